The largest absolute Gasteiger partial charge is 0.507 e. The van der Waals surface area contributed by atoms with Crippen LogP contribution in [0.25, 0.3) is 0 Å². The lowest BCUT2D eigenvalue weighted by Crippen LogP contribution is -1.95. The fourth-order valence-corrected chi connectivity index (χ4v) is 2.08. The van der Waals surface area contributed by atoms with E-state index in [1.54, 1.807) is 0 Å². The predicted molar refractivity (Wildman–Crippen MR) is 63.4 cm³/mol. The fraction of sp³-hybridized carbons (Fsp3) is 0.500. The molecule has 78 valence electrons. The molecule has 0 aliphatic rings. The van der Waals surface area contributed by atoms with Gasteiger partial charge in [0.25, 0.3) is 0 Å². The first-order valence-electron chi connectivity index (χ1n) is 5.08. The molecule has 0 saturated heterocycles. The average molecular weight is 210 g/mol. The second-order valence-corrected chi connectivity index (χ2v) is 4.41. The third-order valence-electron chi connectivity index (χ3n) is 2.57. The van der Waals surface area contributed by atoms with Crippen molar-refractivity contribution in [3.05, 3.63) is 23.3 Å². The van der Waals surface area contributed by atoms with Gasteiger partial charge in [-0.15, -0.1) is 12.6 Å². The normalized spacial score (nSPS) is 12.9. The van der Waals surface area contributed by atoms with Crippen LogP contribution in [0.5, 0.6) is 5.75 Å². The average Bonchev–Trinajstić information content (AvgIpc) is 2.11. The summed E-state index contributed by atoms with van der Waals surface area (Å²) in [6.45, 7) is 6.22. The molecular formula is C12H18OS. The van der Waals surface area contributed by atoms with Gasteiger partial charge in [-0.2, -0.15) is 0 Å². The van der Waals surface area contributed by atoms with E-state index >= 15 is 0 Å². The standard InChI is InChI=1S/C12H18OS/c1-4-5-8(2)11-7-10(14)6-9(3)12(11)13/h6-8,13-14H,4-5H2,1-3H3. The molecule has 1 rings (SSSR count). The van der Waals surface area contributed by atoms with Gasteiger partial charge in [-0.1, -0.05) is 20.3 Å². The van der Waals surface area contributed by atoms with Gasteiger partial charge in [0.2, 0.25) is 0 Å². The minimum absolute atomic E-state index is 0.408. The number of phenols is 1. The summed E-state index contributed by atoms with van der Waals surface area (Å²) in [4.78, 5) is 0.929. The van der Waals surface area contributed by atoms with E-state index in [1.165, 1.54) is 0 Å². The second kappa shape index (κ2) is 4.74. The smallest absolute Gasteiger partial charge is 0.122 e. The summed E-state index contributed by atoms with van der Waals surface area (Å²) in [5, 5.41) is 9.89. The van der Waals surface area contributed by atoms with Gasteiger partial charge in [-0.25, -0.2) is 0 Å². The molecule has 2 heteroatoms. The van der Waals surface area contributed by atoms with Crippen molar-refractivity contribution in [2.24, 2.45) is 0 Å². The van der Waals surface area contributed by atoms with Gasteiger partial charge in [-0.3, -0.25) is 0 Å². The predicted octanol–water partition coefficient (Wildman–Crippen LogP) is 3.89. The number of hydrogen-bond donors (Lipinski definition) is 2. The van der Waals surface area contributed by atoms with Crippen LogP contribution in [0.1, 0.15) is 43.7 Å². The topological polar surface area (TPSA) is 20.2 Å². The van der Waals surface area contributed by atoms with Gasteiger partial charge in [0, 0.05) is 4.90 Å². The van der Waals surface area contributed by atoms with Crippen LogP contribution in [0, 0.1) is 6.92 Å². The summed E-state index contributed by atoms with van der Waals surface area (Å²) >= 11 is 4.32. The lowest BCUT2D eigenvalue weighted by atomic mass is 9.94. The number of aryl methyl sites for hydroxylation is 1. The number of phenolic OH excluding ortho intramolecular Hbond substituents is 1. The molecule has 0 fully saturated rings. The van der Waals surface area contributed by atoms with Crippen LogP contribution < -0.4 is 0 Å². The minimum atomic E-state index is 0.408. The van der Waals surface area contributed by atoms with Gasteiger partial charge in [0.05, 0.1) is 0 Å². The Bertz CT molecular complexity index is 320. The molecule has 0 radical (unpaired) electrons. The van der Waals surface area contributed by atoms with Gasteiger partial charge in [0.1, 0.15) is 5.75 Å². The van der Waals surface area contributed by atoms with Crippen molar-refractivity contribution >= 4 is 12.6 Å². The van der Waals surface area contributed by atoms with Crippen LogP contribution >= 0.6 is 12.6 Å². The van der Waals surface area contributed by atoms with Crippen molar-refractivity contribution in [2.75, 3.05) is 0 Å². The number of hydrogen-bond acceptors (Lipinski definition) is 2. The molecule has 0 heterocycles. The van der Waals surface area contributed by atoms with Crippen molar-refractivity contribution in [3.8, 4) is 5.75 Å². The van der Waals surface area contributed by atoms with E-state index < -0.39 is 0 Å². The van der Waals surface area contributed by atoms with Gasteiger partial charge < -0.3 is 5.11 Å². The van der Waals surface area contributed by atoms with E-state index in [-0.39, 0.29) is 0 Å². The Morgan fingerprint density at radius 1 is 1.43 bits per heavy atom. The molecular weight excluding hydrogens is 192 g/mol. The van der Waals surface area contributed by atoms with Crippen LogP contribution in [0.4, 0.5) is 0 Å². The maximum atomic E-state index is 9.89. The van der Waals surface area contributed by atoms with Crippen molar-refractivity contribution in [3.63, 3.8) is 0 Å². The van der Waals surface area contributed by atoms with E-state index in [1.807, 2.05) is 19.1 Å². The highest BCUT2D eigenvalue weighted by Crippen LogP contribution is 2.33. The zero-order valence-corrected chi connectivity index (χ0v) is 9.94. The van der Waals surface area contributed by atoms with Crippen molar-refractivity contribution in [1.29, 1.82) is 0 Å². The molecule has 0 spiro atoms. The SMILES string of the molecule is CCCC(C)c1cc(S)cc(C)c1O. The van der Waals surface area contributed by atoms with Crippen molar-refractivity contribution in [2.45, 2.75) is 44.4 Å². The van der Waals surface area contributed by atoms with Crippen LogP contribution in [0.15, 0.2) is 17.0 Å². The lowest BCUT2D eigenvalue weighted by Gasteiger charge is -2.14. The Hall–Kier alpha value is -0.630. The fourth-order valence-electron chi connectivity index (χ4n) is 1.75. The third-order valence-corrected chi connectivity index (χ3v) is 2.83. The van der Waals surface area contributed by atoms with Crippen molar-refractivity contribution in [1.82, 2.24) is 0 Å². The highest BCUT2D eigenvalue weighted by atomic mass is 32.1. The second-order valence-electron chi connectivity index (χ2n) is 3.89. The molecule has 0 saturated carbocycles. The quantitative estimate of drug-likeness (QED) is 0.725. The Labute approximate surface area is 91.6 Å². The van der Waals surface area contributed by atoms with Crippen LogP contribution in [0.2, 0.25) is 0 Å². The Kier molecular flexibility index (Phi) is 3.87. The summed E-state index contributed by atoms with van der Waals surface area (Å²) in [7, 11) is 0. The van der Waals surface area contributed by atoms with Gasteiger partial charge in [-0.05, 0) is 42.5 Å². The monoisotopic (exact) mass is 210 g/mol. The highest BCUT2D eigenvalue weighted by Gasteiger charge is 2.12. The van der Waals surface area contributed by atoms with Crippen LogP contribution in [-0.4, -0.2) is 5.11 Å². The van der Waals surface area contributed by atoms with E-state index in [0.29, 0.717) is 11.7 Å². The molecule has 0 amide bonds. The first kappa shape index (κ1) is 11.4. The Balaban J connectivity index is 3.07. The third kappa shape index (κ3) is 2.44. The summed E-state index contributed by atoms with van der Waals surface area (Å²) in [6.07, 6.45) is 2.24. The van der Waals surface area contributed by atoms with Crippen LogP contribution in [-0.2, 0) is 0 Å². The summed E-state index contributed by atoms with van der Waals surface area (Å²) < 4.78 is 0. The molecule has 1 nitrogen and oxygen atoms in total. The Morgan fingerprint density at radius 2 is 2.07 bits per heavy atom. The van der Waals surface area contributed by atoms with E-state index in [9.17, 15) is 5.11 Å². The summed E-state index contributed by atoms with van der Waals surface area (Å²) in [5.74, 6) is 0.842. The van der Waals surface area contributed by atoms with Crippen LogP contribution in [0.3, 0.4) is 0 Å². The zero-order valence-electron chi connectivity index (χ0n) is 9.04. The van der Waals surface area contributed by atoms with Crippen molar-refractivity contribution < 1.29 is 5.11 Å². The minimum Gasteiger partial charge on any atom is -0.507 e. The van der Waals surface area contributed by atoms with Gasteiger partial charge in [0.15, 0.2) is 0 Å². The highest BCUT2D eigenvalue weighted by molar-refractivity contribution is 7.80. The first-order valence-corrected chi connectivity index (χ1v) is 5.53. The summed E-state index contributed by atoms with van der Waals surface area (Å²) in [6, 6.07) is 3.85. The molecule has 1 atom stereocenters. The number of benzene rings is 1. The van der Waals surface area contributed by atoms with Gasteiger partial charge >= 0.3 is 0 Å². The van der Waals surface area contributed by atoms with E-state index in [2.05, 4.69) is 26.5 Å². The maximum Gasteiger partial charge on any atom is 0.122 e. The molecule has 1 aromatic carbocycles. The molecule has 1 aromatic rings. The Morgan fingerprint density at radius 3 is 2.64 bits per heavy atom. The molecule has 0 aliphatic heterocycles. The summed E-state index contributed by atoms with van der Waals surface area (Å²) in [5.41, 5.74) is 1.94. The molecule has 1 N–H and O–H groups in total. The molecule has 1 unspecified atom stereocenters. The molecule has 0 aliphatic carbocycles. The first-order chi connectivity index (χ1) is 6.56. The zero-order chi connectivity index (χ0) is 10.7. The lowest BCUT2D eigenvalue weighted by molar-refractivity contribution is 0.455. The number of aromatic hydroxyl groups is 1. The molecule has 0 aromatic heterocycles. The molecule has 0 bridgehead atoms. The van der Waals surface area contributed by atoms with E-state index in [4.69, 9.17) is 0 Å². The molecule has 14 heavy (non-hydrogen) atoms. The van der Waals surface area contributed by atoms with E-state index in [0.717, 1.165) is 28.9 Å². The number of rotatable bonds is 3. The number of thiol groups is 1. The maximum absolute atomic E-state index is 9.89.